The molecule has 0 atom stereocenters. The minimum Gasteiger partial charge on any atom is -0.316 e. The van der Waals surface area contributed by atoms with Gasteiger partial charge in [-0.3, -0.25) is 4.79 Å². The summed E-state index contributed by atoms with van der Waals surface area (Å²) in [7, 11) is -3.32. The Bertz CT molecular complexity index is 709. The summed E-state index contributed by atoms with van der Waals surface area (Å²) < 4.78 is 27.4. The van der Waals surface area contributed by atoms with Gasteiger partial charge < -0.3 is 5.32 Å². The van der Waals surface area contributed by atoms with E-state index < -0.39 is 21.5 Å². The maximum absolute atomic E-state index is 11.7. The van der Waals surface area contributed by atoms with E-state index in [0.717, 1.165) is 22.8 Å². The minimum atomic E-state index is -3.32. The van der Waals surface area contributed by atoms with Gasteiger partial charge in [0.1, 0.15) is 10.8 Å². The molecule has 0 radical (unpaired) electrons. The van der Waals surface area contributed by atoms with Crippen molar-refractivity contribution in [3.63, 3.8) is 0 Å². The summed E-state index contributed by atoms with van der Waals surface area (Å²) in [4.78, 5) is 11.7. The molecule has 21 heavy (non-hydrogen) atoms. The molecule has 0 bridgehead atoms. The molecule has 0 aliphatic carbocycles. The molecule has 1 aromatic carbocycles. The molecule has 0 unspecified atom stereocenters. The second-order valence-electron chi connectivity index (χ2n) is 4.58. The molecule has 1 heterocycles. The molecule has 1 aromatic heterocycles. The Hall–Kier alpha value is -1.73. The average molecular weight is 324 g/mol. The summed E-state index contributed by atoms with van der Waals surface area (Å²) in [5, 5.41) is 3.13. The van der Waals surface area contributed by atoms with Crippen LogP contribution in [0.5, 0.6) is 0 Å². The highest BCUT2D eigenvalue weighted by atomic mass is 32.2. The highest BCUT2D eigenvalue weighted by molar-refractivity contribution is 7.92. The van der Waals surface area contributed by atoms with Gasteiger partial charge >= 0.3 is 0 Å². The van der Waals surface area contributed by atoms with Crippen LogP contribution in [0.1, 0.15) is 13.3 Å². The smallest absolute Gasteiger partial charge is 0.240 e. The van der Waals surface area contributed by atoms with E-state index in [4.69, 9.17) is 0 Å². The number of sulfone groups is 1. The number of nitrogens with one attached hydrogen (secondary N) is 1. The Balaban J connectivity index is 2.02. The molecule has 112 valence electrons. The SMILES string of the molecule is CCCS(=O)(=O)CC(=O)Nc1cc(-c2ccccc2)ns1. The fourth-order valence-corrected chi connectivity index (χ4v) is 3.75. The number of rotatable bonds is 6. The topological polar surface area (TPSA) is 76.1 Å². The van der Waals surface area contributed by atoms with Crippen LogP contribution < -0.4 is 5.32 Å². The van der Waals surface area contributed by atoms with Crippen molar-refractivity contribution < 1.29 is 13.2 Å². The zero-order valence-electron chi connectivity index (χ0n) is 11.6. The third kappa shape index (κ3) is 4.64. The molecule has 2 rings (SSSR count). The standard InChI is InChI=1S/C14H16N2O3S2/c1-2-8-21(18,19)10-13(17)15-14-9-12(16-20-14)11-6-4-3-5-7-11/h3-7,9H,2,8,10H2,1H3,(H,15,17). The first-order chi connectivity index (χ1) is 10.00. The third-order valence-corrected chi connectivity index (χ3v) is 5.15. The summed E-state index contributed by atoms with van der Waals surface area (Å²) in [5.74, 6) is -0.982. The molecule has 0 saturated carbocycles. The van der Waals surface area contributed by atoms with Crippen LogP contribution in [-0.4, -0.2) is 30.2 Å². The summed E-state index contributed by atoms with van der Waals surface area (Å²) in [6.07, 6.45) is 0.508. The van der Waals surface area contributed by atoms with E-state index in [0.29, 0.717) is 11.4 Å². The Morgan fingerprint density at radius 3 is 2.67 bits per heavy atom. The third-order valence-electron chi connectivity index (χ3n) is 2.71. The molecule has 2 aromatic rings. The summed E-state index contributed by atoms with van der Waals surface area (Å²) in [5.41, 5.74) is 1.71. The predicted octanol–water partition coefficient (Wildman–Crippen LogP) is 2.57. The summed E-state index contributed by atoms with van der Waals surface area (Å²) >= 11 is 1.14. The van der Waals surface area contributed by atoms with E-state index in [9.17, 15) is 13.2 Å². The zero-order chi connectivity index (χ0) is 15.3. The molecular formula is C14H16N2O3S2. The Kier molecular flexibility index (Phi) is 5.08. The Morgan fingerprint density at radius 2 is 2.00 bits per heavy atom. The number of nitrogens with zero attached hydrogens (tertiary/aromatic N) is 1. The van der Waals surface area contributed by atoms with Crippen molar-refractivity contribution in [2.24, 2.45) is 0 Å². The molecule has 0 spiro atoms. The van der Waals surface area contributed by atoms with Crippen molar-refractivity contribution in [1.82, 2.24) is 4.37 Å². The van der Waals surface area contributed by atoms with Crippen LogP contribution in [0.25, 0.3) is 11.3 Å². The number of aromatic nitrogens is 1. The molecule has 0 aliphatic rings. The van der Waals surface area contributed by atoms with Crippen molar-refractivity contribution in [2.75, 3.05) is 16.8 Å². The van der Waals surface area contributed by atoms with Gasteiger partial charge in [0.05, 0.1) is 11.4 Å². The van der Waals surface area contributed by atoms with Gasteiger partial charge in [-0.2, -0.15) is 4.37 Å². The van der Waals surface area contributed by atoms with Crippen LogP contribution in [0.4, 0.5) is 5.00 Å². The van der Waals surface area contributed by atoms with Gasteiger partial charge in [-0.1, -0.05) is 37.3 Å². The zero-order valence-corrected chi connectivity index (χ0v) is 13.2. The predicted molar refractivity (Wildman–Crippen MR) is 85.1 cm³/mol. The number of hydrogen-bond acceptors (Lipinski definition) is 5. The van der Waals surface area contributed by atoms with Crippen LogP contribution in [0.2, 0.25) is 0 Å². The number of benzene rings is 1. The molecule has 0 aliphatic heterocycles. The monoisotopic (exact) mass is 324 g/mol. The van der Waals surface area contributed by atoms with Gasteiger partial charge in [0.15, 0.2) is 9.84 Å². The number of hydrogen-bond donors (Lipinski definition) is 1. The number of anilines is 1. The van der Waals surface area contributed by atoms with Crippen LogP contribution >= 0.6 is 11.5 Å². The van der Waals surface area contributed by atoms with Crippen molar-refractivity contribution >= 4 is 32.3 Å². The summed E-state index contributed by atoms with van der Waals surface area (Å²) in [6, 6.07) is 11.3. The first kappa shape index (κ1) is 15.7. The normalized spacial score (nSPS) is 11.3. The number of carbonyl (C=O) groups excluding carboxylic acids is 1. The van der Waals surface area contributed by atoms with E-state index in [-0.39, 0.29) is 5.75 Å². The van der Waals surface area contributed by atoms with Crippen LogP contribution in [-0.2, 0) is 14.6 Å². The van der Waals surface area contributed by atoms with Gasteiger partial charge in [0, 0.05) is 11.6 Å². The minimum absolute atomic E-state index is 0.0262. The lowest BCUT2D eigenvalue weighted by Crippen LogP contribution is -2.24. The second-order valence-corrected chi connectivity index (χ2v) is 7.57. The van der Waals surface area contributed by atoms with Gasteiger partial charge in [-0.25, -0.2) is 8.42 Å². The highest BCUT2D eigenvalue weighted by Crippen LogP contribution is 2.25. The average Bonchev–Trinajstić information content (AvgIpc) is 2.87. The molecule has 0 fully saturated rings. The van der Waals surface area contributed by atoms with Crippen molar-refractivity contribution in [3.8, 4) is 11.3 Å². The molecular weight excluding hydrogens is 308 g/mol. The lowest BCUT2D eigenvalue weighted by Gasteiger charge is -2.02. The lowest BCUT2D eigenvalue weighted by atomic mass is 10.2. The Labute approximate surface area is 128 Å². The highest BCUT2D eigenvalue weighted by Gasteiger charge is 2.16. The Morgan fingerprint density at radius 1 is 1.29 bits per heavy atom. The van der Waals surface area contributed by atoms with Gasteiger partial charge in [-0.15, -0.1) is 0 Å². The van der Waals surface area contributed by atoms with Crippen molar-refractivity contribution in [3.05, 3.63) is 36.4 Å². The van der Waals surface area contributed by atoms with Gasteiger partial charge in [0.2, 0.25) is 5.91 Å². The number of carbonyl (C=O) groups is 1. The summed E-state index contributed by atoms with van der Waals surface area (Å²) in [6.45, 7) is 1.77. The van der Waals surface area contributed by atoms with E-state index in [1.807, 2.05) is 30.3 Å². The molecule has 5 nitrogen and oxygen atoms in total. The van der Waals surface area contributed by atoms with Gasteiger partial charge in [-0.05, 0) is 18.0 Å². The van der Waals surface area contributed by atoms with Crippen LogP contribution in [0.15, 0.2) is 36.4 Å². The van der Waals surface area contributed by atoms with E-state index in [1.54, 1.807) is 13.0 Å². The van der Waals surface area contributed by atoms with E-state index >= 15 is 0 Å². The first-order valence-corrected chi connectivity index (χ1v) is 9.12. The molecule has 7 heteroatoms. The van der Waals surface area contributed by atoms with Crippen molar-refractivity contribution in [1.29, 1.82) is 0 Å². The number of amides is 1. The fraction of sp³-hybridized carbons (Fsp3) is 0.286. The van der Waals surface area contributed by atoms with Crippen molar-refractivity contribution in [2.45, 2.75) is 13.3 Å². The van der Waals surface area contributed by atoms with E-state index in [1.165, 1.54) is 0 Å². The van der Waals surface area contributed by atoms with Gasteiger partial charge in [0.25, 0.3) is 0 Å². The largest absolute Gasteiger partial charge is 0.316 e. The molecule has 0 saturated heterocycles. The quantitative estimate of drug-likeness (QED) is 0.886. The maximum atomic E-state index is 11.7. The van der Waals surface area contributed by atoms with Crippen LogP contribution in [0.3, 0.4) is 0 Å². The lowest BCUT2D eigenvalue weighted by molar-refractivity contribution is -0.113. The van der Waals surface area contributed by atoms with E-state index in [2.05, 4.69) is 9.69 Å². The molecule has 1 N–H and O–H groups in total. The van der Waals surface area contributed by atoms with Crippen LogP contribution in [0, 0.1) is 0 Å². The maximum Gasteiger partial charge on any atom is 0.240 e. The second kappa shape index (κ2) is 6.82. The first-order valence-electron chi connectivity index (χ1n) is 6.52. The fourth-order valence-electron chi connectivity index (χ4n) is 1.84. The molecule has 1 amide bonds.